The number of likely N-dealkylation sites (tertiary alicyclic amines) is 1. The molecule has 1 fully saturated rings. The molecule has 1 saturated heterocycles. The predicted octanol–water partition coefficient (Wildman–Crippen LogP) is 3.83. The van der Waals surface area contributed by atoms with Crippen LogP contribution < -0.4 is 14.2 Å². The summed E-state index contributed by atoms with van der Waals surface area (Å²) in [5.74, 6) is 2.24. The topological polar surface area (TPSA) is 43.8 Å². The van der Waals surface area contributed by atoms with Crippen molar-refractivity contribution in [2.75, 3.05) is 27.9 Å². The first kappa shape index (κ1) is 17.5. The third-order valence-corrected chi connectivity index (χ3v) is 4.84. The molecule has 5 nitrogen and oxygen atoms in total. The van der Waals surface area contributed by atoms with E-state index in [4.69, 9.17) is 14.2 Å². The van der Waals surface area contributed by atoms with Gasteiger partial charge in [-0.05, 0) is 37.1 Å². The molecular weight excluding hydrogens is 316 g/mol. The van der Waals surface area contributed by atoms with Gasteiger partial charge in [-0.25, -0.2) is 0 Å². The maximum atomic E-state index is 5.60. The van der Waals surface area contributed by atoms with E-state index in [0.29, 0.717) is 11.8 Å². The lowest BCUT2D eigenvalue weighted by Crippen LogP contribution is -2.33. The van der Waals surface area contributed by atoms with Crippen LogP contribution in [0.25, 0.3) is 0 Å². The Morgan fingerprint density at radius 1 is 1.04 bits per heavy atom. The van der Waals surface area contributed by atoms with Crippen molar-refractivity contribution >= 4 is 0 Å². The van der Waals surface area contributed by atoms with Gasteiger partial charge in [-0.2, -0.15) is 0 Å². The fourth-order valence-corrected chi connectivity index (χ4v) is 3.57. The van der Waals surface area contributed by atoms with Crippen LogP contribution in [0.15, 0.2) is 36.7 Å². The number of nitrogens with zero attached hydrogens (tertiary/aromatic N) is 2. The molecule has 134 valence electrons. The first-order chi connectivity index (χ1) is 12.3. The third kappa shape index (κ3) is 3.87. The van der Waals surface area contributed by atoms with Crippen molar-refractivity contribution in [1.82, 2.24) is 9.88 Å². The zero-order chi connectivity index (χ0) is 17.6. The smallest absolute Gasteiger partial charge is 0.164 e. The maximum Gasteiger partial charge on any atom is 0.164 e. The highest BCUT2D eigenvalue weighted by atomic mass is 16.5. The van der Waals surface area contributed by atoms with Crippen molar-refractivity contribution in [3.63, 3.8) is 0 Å². The zero-order valence-corrected chi connectivity index (χ0v) is 15.2. The monoisotopic (exact) mass is 342 g/mol. The van der Waals surface area contributed by atoms with Gasteiger partial charge in [0.25, 0.3) is 0 Å². The van der Waals surface area contributed by atoms with Crippen LogP contribution in [0, 0.1) is 0 Å². The Labute approximate surface area is 149 Å². The van der Waals surface area contributed by atoms with Gasteiger partial charge in [0.1, 0.15) is 5.75 Å². The summed E-state index contributed by atoms with van der Waals surface area (Å²) in [6.45, 7) is 1.88. The van der Waals surface area contributed by atoms with Crippen LogP contribution in [0.4, 0.5) is 0 Å². The van der Waals surface area contributed by atoms with Crippen molar-refractivity contribution in [3.8, 4) is 17.2 Å². The molecule has 0 radical (unpaired) electrons. The van der Waals surface area contributed by atoms with Gasteiger partial charge in [0, 0.05) is 36.6 Å². The summed E-state index contributed by atoms with van der Waals surface area (Å²) in [5.41, 5.74) is 2.39. The van der Waals surface area contributed by atoms with E-state index < -0.39 is 0 Å². The second-order valence-corrected chi connectivity index (χ2v) is 6.29. The van der Waals surface area contributed by atoms with Crippen LogP contribution in [0.2, 0.25) is 0 Å². The van der Waals surface area contributed by atoms with Crippen molar-refractivity contribution in [2.45, 2.75) is 31.8 Å². The van der Waals surface area contributed by atoms with Gasteiger partial charge in [-0.15, -0.1) is 0 Å². The number of ether oxygens (including phenoxy) is 3. The molecule has 1 aliphatic heterocycles. The van der Waals surface area contributed by atoms with Gasteiger partial charge in [0.15, 0.2) is 11.5 Å². The van der Waals surface area contributed by atoms with Crippen LogP contribution >= 0.6 is 0 Å². The summed E-state index contributed by atoms with van der Waals surface area (Å²) in [6, 6.07) is 8.49. The maximum absolute atomic E-state index is 5.60. The van der Waals surface area contributed by atoms with E-state index in [9.17, 15) is 0 Å². The molecule has 1 aliphatic rings. The largest absolute Gasteiger partial charge is 0.496 e. The number of benzene rings is 1. The van der Waals surface area contributed by atoms with E-state index in [2.05, 4.69) is 16.0 Å². The van der Waals surface area contributed by atoms with Gasteiger partial charge >= 0.3 is 0 Å². The van der Waals surface area contributed by atoms with Gasteiger partial charge in [-0.3, -0.25) is 9.88 Å². The fourth-order valence-electron chi connectivity index (χ4n) is 3.57. The summed E-state index contributed by atoms with van der Waals surface area (Å²) in [7, 11) is 4.99. The van der Waals surface area contributed by atoms with Crippen LogP contribution in [0.5, 0.6) is 17.2 Å². The summed E-state index contributed by atoms with van der Waals surface area (Å²) < 4.78 is 16.5. The number of hydrogen-bond donors (Lipinski definition) is 0. The molecule has 0 amide bonds. The zero-order valence-electron chi connectivity index (χ0n) is 15.2. The Kier molecular flexibility index (Phi) is 5.76. The van der Waals surface area contributed by atoms with Crippen LogP contribution in [0.1, 0.15) is 36.4 Å². The second-order valence-electron chi connectivity index (χ2n) is 6.29. The van der Waals surface area contributed by atoms with Crippen LogP contribution in [-0.2, 0) is 6.54 Å². The van der Waals surface area contributed by atoms with Gasteiger partial charge in [-0.1, -0.05) is 12.5 Å². The normalized spacial score (nSPS) is 18.0. The first-order valence-corrected chi connectivity index (χ1v) is 8.69. The number of pyridine rings is 1. The van der Waals surface area contributed by atoms with E-state index in [1.54, 1.807) is 21.3 Å². The lowest BCUT2D eigenvalue weighted by Gasteiger charge is -2.36. The van der Waals surface area contributed by atoms with E-state index in [-0.39, 0.29) is 0 Å². The minimum atomic E-state index is 0.389. The Morgan fingerprint density at radius 2 is 1.80 bits per heavy atom. The molecule has 5 heteroatoms. The molecule has 0 saturated carbocycles. The van der Waals surface area contributed by atoms with Gasteiger partial charge in [0.05, 0.1) is 21.3 Å². The molecule has 25 heavy (non-hydrogen) atoms. The minimum absolute atomic E-state index is 0.389. The molecule has 1 aromatic carbocycles. The molecule has 3 rings (SSSR count). The minimum Gasteiger partial charge on any atom is -0.496 e. The standard InChI is InChI=1S/C20H26N2O3/c1-23-18-12-20(25-3)19(24-2)11-16(18)14-22-10-5-4-8-17(22)15-7-6-9-21-13-15/h6-7,9,11-13,17H,4-5,8,10,14H2,1-3H3/t17-/m1/s1. The summed E-state index contributed by atoms with van der Waals surface area (Å²) >= 11 is 0. The quantitative estimate of drug-likeness (QED) is 0.798. The molecule has 2 aromatic rings. The number of piperidine rings is 1. The molecule has 0 bridgehead atoms. The number of methoxy groups -OCH3 is 3. The summed E-state index contributed by atoms with van der Waals surface area (Å²) in [4.78, 5) is 6.80. The molecule has 0 aliphatic carbocycles. The SMILES string of the molecule is COc1cc(OC)c(OC)cc1CN1CCCC[C@@H]1c1cccnc1. The molecule has 0 spiro atoms. The Morgan fingerprint density at radius 3 is 2.48 bits per heavy atom. The van der Waals surface area contributed by atoms with Crippen molar-refractivity contribution in [3.05, 3.63) is 47.8 Å². The van der Waals surface area contributed by atoms with Gasteiger partial charge in [0.2, 0.25) is 0 Å². The highest BCUT2D eigenvalue weighted by Crippen LogP contribution is 2.38. The first-order valence-electron chi connectivity index (χ1n) is 8.69. The lowest BCUT2D eigenvalue weighted by atomic mass is 9.95. The van der Waals surface area contributed by atoms with Crippen molar-refractivity contribution in [1.29, 1.82) is 0 Å². The Bertz CT molecular complexity index is 691. The third-order valence-electron chi connectivity index (χ3n) is 4.84. The number of hydrogen-bond acceptors (Lipinski definition) is 5. The highest BCUT2D eigenvalue weighted by molar-refractivity contribution is 5.50. The Hall–Kier alpha value is -2.27. The fraction of sp³-hybridized carbons (Fsp3) is 0.450. The number of rotatable bonds is 6. The van der Waals surface area contributed by atoms with Crippen molar-refractivity contribution in [2.24, 2.45) is 0 Å². The number of aromatic nitrogens is 1. The predicted molar refractivity (Wildman–Crippen MR) is 97.3 cm³/mol. The molecule has 2 heterocycles. The average Bonchev–Trinajstić information content (AvgIpc) is 2.68. The highest BCUT2D eigenvalue weighted by Gasteiger charge is 2.25. The second kappa shape index (κ2) is 8.21. The van der Waals surface area contributed by atoms with E-state index in [1.165, 1.54) is 18.4 Å². The Balaban J connectivity index is 1.89. The van der Waals surface area contributed by atoms with Crippen LogP contribution in [-0.4, -0.2) is 37.8 Å². The lowest BCUT2D eigenvalue weighted by molar-refractivity contribution is 0.138. The summed E-state index contributed by atoms with van der Waals surface area (Å²) in [6.07, 6.45) is 7.43. The van der Waals surface area contributed by atoms with Crippen LogP contribution in [0.3, 0.4) is 0 Å². The molecule has 0 unspecified atom stereocenters. The molecule has 0 N–H and O–H groups in total. The van der Waals surface area contributed by atoms with E-state index >= 15 is 0 Å². The molecule has 1 atom stereocenters. The van der Waals surface area contributed by atoms with E-state index in [0.717, 1.165) is 36.6 Å². The molecule has 1 aromatic heterocycles. The van der Waals surface area contributed by atoms with Crippen molar-refractivity contribution < 1.29 is 14.2 Å². The average molecular weight is 342 g/mol. The van der Waals surface area contributed by atoms with E-state index in [1.807, 2.05) is 30.6 Å². The molecular formula is C20H26N2O3. The summed E-state index contributed by atoms with van der Waals surface area (Å²) in [5, 5.41) is 0. The van der Waals surface area contributed by atoms with Gasteiger partial charge < -0.3 is 14.2 Å².